The summed E-state index contributed by atoms with van der Waals surface area (Å²) in [6.45, 7) is 4.35. The van der Waals surface area contributed by atoms with E-state index in [1.54, 1.807) is 7.11 Å². The number of urea groups is 1. The van der Waals surface area contributed by atoms with E-state index in [9.17, 15) is 9.90 Å². The summed E-state index contributed by atoms with van der Waals surface area (Å²) in [5.41, 5.74) is 1.10. The molecule has 0 spiro atoms. The highest BCUT2D eigenvalue weighted by molar-refractivity contribution is 5.74. The lowest BCUT2D eigenvalue weighted by Crippen LogP contribution is -2.48. The highest BCUT2D eigenvalue weighted by Crippen LogP contribution is 2.34. The molecule has 23 heavy (non-hydrogen) atoms. The molecular formula is C18H28N2O3. The second kappa shape index (κ2) is 8.20. The number of methoxy groups -OCH3 is 1. The third-order valence-electron chi connectivity index (χ3n) is 5.06. The van der Waals surface area contributed by atoms with E-state index in [2.05, 4.69) is 12.2 Å². The molecule has 1 fully saturated rings. The Hall–Kier alpha value is -1.75. The van der Waals surface area contributed by atoms with Gasteiger partial charge in [0.2, 0.25) is 0 Å². The van der Waals surface area contributed by atoms with Crippen molar-refractivity contribution in [3.63, 3.8) is 0 Å². The molecule has 0 bridgehead atoms. The van der Waals surface area contributed by atoms with Crippen LogP contribution in [-0.4, -0.2) is 49.4 Å². The molecule has 5 heteroatoms. The highest BCUT2D eigenvalue weighted by atomic mass is 16.5. The smallest absolute Gasteiger partial charge is 0.317 e. The monoisotopic (exact) mass is 320 g/mol. The number of rotatable bonds is 6. The van der Waals surface area contributed by atoms with Gasteiger partial charge < -0.3 is 20.1 Å². The molecule has 0 aliphatic carbocycles. The van der Waals surface area contributed by atoms with Crippen LogP contribution in [0.2, 0.25) is 0 Å². The summed E-state index contributed by atoms with van der Waals surface area (Å²) < 4.78 is 5.32. The first kappa shape index (κ1) is 17.6. The van der Waals surface area contributed by atoms with Gasteiger partial charge in [0.05, 0.1) is 7.11 Å². The van der Waals surface area contributed by atoms with E-state index in [1.807, 2.05) is 29.2 Å². The van der Waals surface area contributed by atoms with Crippen LogP contribution in [0.5, 0.6) is 5.75 Å². The number of likely N-dealkylation sites (tertiary alicyclic amines) is 1. The average Bonchev–Trinajstić information content (AvgIpc) is 2.62. The lowest BCUT2D eigenvalue weighted by atomic mass is 9.77. The number of carbonyl (C=O) groups excluding carboxylic acids is 1. The molecule has 2 rings (SSSR count). The van der Waals surface area contributed by atoms with E-state index in [4.69, 9.17) is 4.74 Å². The first-order valence-electron chi connectivity index (χ1n) is 8.39. The van der Waals surface area contributed by atoms with E-state index in [-0.39, 0.29) is 18.1 Å². The summed E-state index contributed by atoms with van der Waals surface area (Å²) in [4.78, 5) is 14.1. The van der Waals surface area contributed by atoms with Crippen LogP contribution in [0.3, 0.4) is 0 Å². The van der Waals surface area contributed by atoms with Crippen LogP contribution in [0.1, 0.15) is 31.7 Å². The zero-order valence-electron chi connectivity index (χ0n) is 14.2. The van der Waals surface area contributed by atoms with Gasteiger partial charge in [0.25, 0.3) is 0 Å². The van der Waals surface area contributed by atoms with E-state index >= 15 is 0 Å². The Labute approximate surface area is 138 Å². The maximum atomic E-state index is 12.3. The third-order valence-corrected chi connectivity index (χ3v) is 5.06. The zero-order chi connectivity index (χ0) is 16.7. The van der Waals surface area contributed by atoms with Crippen LogP contribution in [0, 0.1) is 5.41 Å². The largest absolute Gasteiger partial charge is 0.496 e. The normalized spacial score (nSPS) is 16.9. The third kappa shape index (κ3) is 4.38. The standard InChI is InChI=1S/C18H28N2O3/c1-3-18(14-21)9-12-20(13-10-18)17(22)19-11-8-15-6-4-5-7-16(15)23-2/h4-7,21H,3,8-14H2,1-2H3,(H,19,22). The molecule has 5 nitrogen and oxygen atoms in total. The predicted octanol–water partition coefficient (Wildman–Crippen LogP) is 2.43. The first-order chi connectivity index (χ1) is 11.1. The van der Waals surface area contributed by atoms with Gasteiger partial charge in [0.1, 0.15) is 5.75 Å². The quantitative estimate of drug-likeness (QED) is 0.846. The van der Waals surface area contributed by atoms with Crippen molar-refractivity contribution in [2.24, 2.45) is 5.41 Å². The SMILES string of the molecule is CCC1(CO)CCN(C(=O)NCCc2ccccc2OC)CC1. The van der Waals surface area contributed by atoms with Gasteiger partial charge in [-0.15, -0.1) is 0 Å². The molecule has 1 heterocycles. The Balaban J connectivity index is 1.78. The molecule has 1 aromatic rings. The van der Waals surface area contributed by atoms with Gasteiger partial charge >= 0.3 is 6.03 Å². The van der Waals surface area contributed by atoms with Crippen LogP contribution in [0.15, 0.2) is 24.3 Å². The Morgan fingerprint density at radius 2 is 2.04 bits per heavy atom. The molecule has 1 aromatic carbocycles. The molecule has 128 valence electrons. The summed E-state index contributed by atoms with van der Waals surface area (Å²) >= 11 is 0. The number of piperidine rings is 1. The number of amides is 2. The minimum absolute atomic E-state index is 0.00812. The van der Waals surface area contributed by atoms with Gasteiger partial charge in [-0.3, -0.25) is 0 Å². The maximum absolute atomic E-state index is 12.3. The lowest BCUT2D eigenvalue weighted by molar-refractivity contribution is 0.0520. The number of para-hydroxylation sites is 1. The summed E-state index contributed by atoms with van der Waals surface area (Å²) in [7, 11) is 1.66. The number of hydrogen-bond acceptors (Lipinski definition) is 3. The maximum Gasteiger partial charge on any atom is 0.317 e. The molecule has 0 unspecified atom stereocenters. The molecule has 0 saturated carbocycles. The number of carbonyl (C=O) groups is 1. The molecule has 0 radical (unpaired) electrons. The molecular weight excluding hydrogens is 292 g/mol. The van der Waals surface area contributed by atoms with Crippen LogP contribution in [0.4, 0.5) is 4.79 Å². The minimum Gasteiger partial charge on any atom is -0.496 e. The van der Waals surface area contributed by atoms with Gasteiger partial charge in [-0.05, 0) is 42.7 Å². The van der Waals surface area contributed by atoms with Crippen molar-refractivity contribution in [3.05, 3.63) is 29.8 Å². The van der Waals surface area contributed by atoms with Crippen LogP contribution >= 0.6 is 0 Å². The zero-order valence-corrected chi connectivity index (χ0v) is 14.2. The summed E-state index contributed by atoms with van der Waals surface area (Å²) in [6.07, 6.45) is 3.46. The molecule has 1 aliphatic heterocycles. The second-order valence-electron chi connectivity index (χ2n) is 6.29. The van der Waals surface area contributed by atoms with E-state index in [0.717, 1.165) is 50.1 Å². The van der Waals surface area contributed by atoms with Crippen LogP contribution < -0.4 is 10.1 Å². The van der Waals surface area contributed by atoms with Crippen molar-refractivity contribution in [1.29, 1.82) is 0 Å². The van der Waals surface area contributed by atoms with Crippen LogP contribution in [-0.2, 0) is 6.42 Å². The molecule has 2 N–H and O–H groups in total. The van der Waals surface area contributed by atoms with Gasteiger partial charge in [0, 0.05) is 26.2 Å². The number of ether oxygens (including phenoxy) is 1. The molecule has 1 aliphatic rings. The van der Waals surface area contributed by atoms with Gasteiger partial charge in [-0.25, -0.2) is 4.79 Å². The van der Waals surface area contributed by atoms with E-state index in [0.29, 0.717) is 6.54 Å². The average molecular weight is 320 g/mol. The molecule has 2 amide bonds. The van der Waals surface area contributed by atoms with Crippen molar-refractivity contribution in [2.75, 3.05) is 33.4 Å². The Morgan fingerprint density at radius 3 is 2.65 bits per heavy atom. The number of nitrogens with one attached hydrogen (secondary N) is 1. The van der Waals surface area contributed by atoms with E-state index < -0.39 is 0 Å². The number of nitrogens with zero attached hydrogens (tertiary/aromatic N) is 1. The second-order valence-corrected chi connectivity index (χ2v) is 6.29. The number of aliphatic hydroxyl groups excluding tert-OH is 1. The molecule has 0 aromatic heterocycles. The summed E-state index contributed by atoms with van der Waals surface area (Å²) in [5, 5.41) is 12.5. The Kier molecular flexibility index (Phi) is 6.28. The first-order valence-corrected chi connectivity index (χ1v) is 8.39. The Morgan fingerprint density at radius 1 is 1.35 bits per heavy atom. The van der Waals surface area contributed by atoms with Gasteiger partial charge in [-0.1, -0.05) is 25.1 Å². The number of hydrogen-bond donors (Lipinski definition) is 2. The summed E-state index contributed by atoms with van der Waals surface area (Å²) in [5.74, 6) is 0.857. The highest BCUT2D eigenvalue weighted by Gasteiger charge is 2.33. The molecule has 0 atom stereocenters. The fourth-order valence-corrected chi connectivity index (χ4v) is 3.13. The van der Waals surface area contributed by atoms with Crippen LogP contribution in [0.25, 0.3) is 0 Å². The predicted molar refractivity (Wildman–Crippen MR) is 90.7 cm³/mol. The van der Waals surface area contributed by atoms with Crippen molar-refractivity contribution in [2.45, 2.75) is 32.6 Å². The topological polar surface area (TPSA) is 61.8 Å². The fraction of sp³-hybridized carbons (Fsp3) is 0.611. The molecule has 1 saturated heterocycles. The van der Waals surface area contributed by atoms with Crippen molar-refractivity contribution >= 4 is 6.03 Å². The lowest BCUT2D eigenvalue weighted by Gasteiger charge is -2.40. The fourth-order valence-electron chi connectivity index (χ4n) is 3.13. The minimum atomic E-state index is -0.0115. The van der Waals surface area contributed by atoms with Crippen molar-refractivity contribution in [3.8, 4) is 5.75 Å². The van der Waals surface area contributed by atoms with Crippen molar-refractivity contribution < 1.29 is 14.6 Å². The number of aliphatic hydroxyl groups is 1. The number of benzene rings is 1. The van der Waals surface area contributed by atoms with Crippen molar-refractivity contribution in [1.82, 2.24) is 10.2 Å². The van der Waals surface area contributed by atoms with Gasteiger partial charge in [-0.2, -0.15) is 0 Å². The van der Waals surface area contributed by atoms with E-state index in [1.165, 1.54) is 0 Å². The summed E-state index contributed by atoms with van der Waals surface area (Å²) in [6, 6.07) is 7.85. The Bertz CT molecular complexity index is 505. The van der Waals surface area contributed by atoms with Gasteiger partial charge in [0.15, 0.2) is 0 Å².